The number of ether oxygens (including phenoxy) is 1. The SMILES string of the molecule is Cc1ccc(OCc2cncc(F)c2)c([C@H](C)O)c1. The molecule has 4 heteroatoms. The van der Waals surface area contributed by atoms with Gasteiger partial charge in [0, 0.05) is 17.3 Å². The number of hydrogen-bond acceptors (Lipinski definition) is 3. The van der Waals surface area contributed by atoms with Gasteiger partial charge < -0.3 is 9.84 Å². The lowest BCUT2D eigenvalue weighted by Crippen LogP contribution is -2.02. The van der Waals surface area contributed by atoms with E-state index in [0.717, 1.165) is 17.3 Å². The third kappa shape index (κ3) is 3.51. The Balaban J connectivity index is 2.15. The van der Waals surface area contributed by atoms with Crippen LogP contribution in [0.5, 0.6) is 5.75 Å². The van der Waals surface area contributed by atoms with Gasteiger partial charge in [0.2, 0.25) is 0 Å². The first kappa shape index (κ1) is 13.5. The summed E-state index contributed by atoms with van der Waals surface area (Å²) in [6.45, 7) is 3.85. The van der Waals surface area contributed by atoms with Crippen LogP contribution in [0.15, 0.2) is 36.7 Å². The minimum absolute atomic E-state index is 0.216. The quantitative estimate of drug-likeness (QED) is 0.919. The number of nitrogens with zero attached hydrogens (tertiary/aromatic N) is 1. The Hall–Kier alpha value is -1.94. The number of benzene rings is 1. The van der Waals surface area contributed by atoms with E-state index in [4.69, 9.17) is 4.74 Å². The highest BCUT2D eigenvalue weighted by molar-refractivity contribution is 5.38. The van der Waals surface area contributed by atoms with Gasteiger partial charge in [0.05, 0.1) is 12.3 Å². The summed E-state index contributed by atoms with van der Waals surface area (Å²) in [4.78, 5) is 3.76. The molecule has 0 bridgehead atoms. The van der Waals surface area contributed by atoms with E-state index in [0.29, 0.717) is 11.3 Å². The van der Waals surface area contributed by atoms with Crippen LogP contribution in [0.25, 0.3) is 0 Å². The van der Waals surface area contributed by atoms with Gasteiger partial charge in [-0.15, -0.1) is 0 Å². The average Bonchev–Trinajstić information content (AvgIpc) is 2.37. The smallest absolute Gasteiger partial charge is 0.141 e. The summed E-state index contributed by atoms with van der Waals surface area (Å²) in [5.41, 5.74) is 2.43. The fourth-order valence-corrected chi connectivity index (χ4v) is 1.82. The van der Waals surface area contributed by atoms with E-state index in [9.17, 15) is 9.50 Å². The number of pyridine rings is 1. The Morgan fingerprint density at radius 3 is 2.79 bits per heavy atom. The summed E-state index contributed by atoms with van der Waals surface area (Å²) < 4.78 is 18.6. The third-order valence-electron chi connectivity index (χ3n) is 2.77. The second kappa shape index (κ2) is 5.80. The zero-order chi connectivity index (χ0) is 13.8. The molecule has 1 heterocycles. The van der Waals surface area contributed by atoms with Crippen molar-refractivity contribution in [2.24, 2.45) is 0 Å². The molecular weight excluding hydrogens is 245 g/mol. The average molecular weight is 261 g/mol. The zero-order valence-corrected chi connectivity index (χ0v) is 10.9. The standard InChI is InChI=1S/C15H16FNO2/c1-10-3-4-15(14(5-10)11(2)18)19-9-12-6-13(16)8-17-7-12/h3-8,11,18H,9H2,1-2H3/t11-/m0/s1. The van der Waals surface area contributed by atoms with Crippen LogP contribution in [-0.4, -0.2) is 10.1 Å². The molecule has 0 saturated heterocycles. The Morgan fingerprint density at radius 1 is 1.32 bits per heavy atom. The van der Waals surface area contributed by atoms with E-state index >= 15 is 0 Å². The maximum absolute atomic E-state index is 13.0. The number of aliphatic hydroxyl groups excluding tert-OH is 1. The van der Waals surface area contributed by atoms with E-state index < -0.39 is 6.10 Å². The van der Waals surface area contributed by atoms with Crippen molar-refractivity contribution in [3.05, 3.63) is 59.2 Å². The van der Waals surface area contributed by atoms with Crippen molar-refractivity contribution in [1.82, 2.24) is 4.98 Å². The van der Waals surface area contributed by atoms with Gasteiger partial charge in [-0.1, -0.05) is 11.6 Å². The summed E-state index contributed by atoms with van der Waals surface area (Å²) in [5, 5.41) is 9.72. The Labute approximate surface area is 111 Å². The van der Waals surface area contributed by atoms with Crippen molar-refractivity contribution in [1.29, 1.82) is 0 Å². The molecule has 0 radical (unpaired) electrons. The minimum Gasteiger partial charge on any atom is -0.488 e. The van der Waals surface area contributed by atoms with E-state index in [1.807, 2.05) is 25.1 Å². The maximum atomic E-state index is 13.0. The van der Waals surface area contributed by atoms with Gasteiger partial charge in [0.15, 0.2) is 0 Å². The van der Waals surface area contributed by atoms with Gasteiger partial charge >= 0.3 is 0 Å². The first-order valence-corrected chi connectivity index (χ1v) is 6.07. The predicted molar refractivity (Wildman–Crippen MR) is 70.3 cm³/mol. The van der Waals surface area contributed by atoms with Crippen molar-refractivity contribution in [3.63, 3.8) is 0 Å². The molecule has 0 aliphatic carbocycles. The molecule has 1 N–H and O–H groups in total. The van der Waals surface area contributed by atoms with Gasteiger partial charge in [-0.3, -0.25) is 4.98 Å². The topological polar surface area (TPSA) is 42.4 Å². The number of halogens is 1. The van der Waals surface area contributed by atoms with E-state index in [2.05, 4.69) is 4.98 Å². The number of rotatable bonds is 4. The number of hydrogen-bond donors (Lipinski definition) is 1. The number of aromatic nitrogens is 1. The second-order valence-corrected chi connectivity index (χ2v) is 4.52. The lowest BCUT2D eigenvalue weighted by Gasteiger charge is -2.14. The first-order valence-electron chi connectivity index (χ1n) is 6.07. The molecule has 0 amide bonds. The van der Waals surface area contributed by atoms with Gasteiger partial charge in [-0.2, -0.15) is 0 Å². The highest BCUT2D eigenvalue weighted by atomic mass is 19.1. The molecular formula is C15H16FNO2. The molecule has 2 aromatic rings. The van der Waals surface area contributed by atoms with Crippen molar-refractivity contribution >= 4 is 0 Å². The molecule has 0 unspecified atom stereocenters. The summed E-state index contributed by atoms with van der Waals surface area (Å²) in [5.74, 6) is 0.214. The summed E-state index contributed by atoms with van der Waals surface area (Å²) in [6, 6.07) is 6.97. The van der Waals surface area contributed by atoms with Crippen LogP contribution in [-0.2, 0) is 6.61 Å². The monoisotopic (exact) mass is 261 g/mol. The molecule has 0 saturated carbocycles. The number of aliphatic hydroxyl groups is 1. The van der Waals surface area contributed by atoms with Crippen LogP contribution < -0.4 is 4.74 Å². The van der Waals surface area contributed by atoms with Crippen molar-refractivity contribution in [2.75, 3.05) is 0 Å². The molecule has 1 aromatic carbocycles. The molecule has 1 aromatic heterocycles. The molecule has 0 fully saturated rings. The van der Waals surface area contributed by atoms with Crippen LogP contribution >= 0.6 is 0 Å². The largest absolute Gasteiger partial charge is 0.488 e. The minimum atomic E-state index is -0.611. The molecule has 0 aliphatic rings. The third-order valence-corrected chi connectivity index (χ3v) is 2.77. The van der Waals surface area contributed by atoms with Crippen LogP contribution in [0.2, 0.25) is 0 Å². The molecule has 2 rings (SSSR count). The highest BCUT2D eigenvalue weighted by Crippen LogP contribution is 2.26. The maximum Gasteiger partial charge on any atom is 0.141 e. The Bertz CT molecular complexity index is 570. The fraction of sp³-hybridized carbons (Fsp3) is 0.267. The fourth-order valence-electron chi connectivity index (χ4n) is 1.82. The van der Waals surface area contributed by atoms with Gasteiger partial charge in [-0.05, 0) is 32.0 Å². The van der Waals surface area contributed by atoms with Crippen molar-refractivity contribution < 1.29 is 14.2 Å². The molecule has 3 nitrogen and oxygen atoms in total. The van der Waals surface area contributed by atoms with E-state index in [1.54, 1.807) is 13.1 Å². The summed E-state index contributed by atoms with van der Waals surface area (Å²) >= 11 is 0. The van der Waals surface area contributed by atoms with Crippen LogP contribution in [0.3, 0.4) is 0 Å². The van der Waals surface area contributed by atoms with Gasteiger partial charge in [0.1, 0.15) is 18.2 Å². The van der Waals surface area contributed by atoms with E-state index in [1.165, 1.54) is 6.07 Å². The van der Waals surface area contributed by atoms with Crippen LogP contribution in [0.4, 0.5) is 4.39 Å². The van der Waals surface area contributed by atoms with Crippen molar-refractivity contribution in [3.8, 4) is 5.75 Å². The molecule has 19 heavy (non-hydrogen) atoms. The second-order valence-electron chi connectivity index (χ2n) is 4.52. The predicted octanol–water partition coefficient (Wildman–Crippen LogP) is 3.16. The first-order chi connectivity index (χ1) is 9.06. The Kier molecular flexibility index (Phi) is 4.12. The summed E-state index contributed by atoms with van der Waals surface area (Å²) in [7, 11) is 0. The molecule has 0 aliphatic heterocycles. The molecule has 1 atom stereocenters. The van der Waals surface area contributed by atoms with Crippen molar-refractivity contribution in [2.45, 2.75) is 26.6 Å². The number of aryl methyl sites for hydroxylation is 1. The van der Waals surface area contributed by atoms with E-state index in [-0.39, 0.29) is 12.4 Å². The lowest BCUT2D eigenvalue weighted by atomic mass is 10.1. The van der Waals surface area contributed by atoms with Gasteiger partial charge in [-0.25, -0.2) is 4.39 Å². The van der Waals surface area contributed by atoms with Gasteiger partial charge in [0.25, 0.3) is 0 Å². The summed E-state index contributed by atoms with van der Waals surface area (Å²) in [6.07, 6.45) is 2.09. The molecule has 0 spiro atoms. The van der Waals surface area contributed by atoms with Crippen LogP contribution in [0.1, 0.15) is 29.7 Å². The molecule has 100 valence electrons. The zero-order valence-electron chi connectivity index (χ0n) is 10.9. The Morgan fingerprint density at radius 2 is 2.11 bits per heavy atom. The lowest BCUT2D eigenvalue weighted by molar-refractivity contribution is 0.190. The normalized spacial score (nSPS) is 12.2. The highest BCUT2D eigenvalue weighted by Gasteiger charge is 2.09. The van der Waals surface area contributed by atoms with Crippen LogP contribution in [0, 0.1) is 12.7 Å².